The summed E-state index contributed by atoms with van der Waals surface area (Å²) in [4.78, 5) is 4.89. The molecule has 0 N–H and O–H groups in total. The fraction of sp³-hybridized carbons (Fsp3) is 0.286. The van der Waals surface area contributed by atoms with Gasteiger partial charge in [0.2, 0.25) is 0 Å². The van der Waals surface area contributed by atoms with E-state index in [-0.39, 0.29) is 0 Å². The molecule has 0 spiro atoms. The average molecular weight is 423 g/mol. The highest BCUT2D eigenvalue weighted by atomic mass is 15.3. The molecule has 0 unspecified atom stereocenters. The molecule has 0 atom stereocenters. The van der Waals surface area contributed by atoms with Crippen LogP contribution in [0.1, 0.15) is 22.3 Å². The molecule has 0 bridgehead atoms. The number of aryl methyl sites for hydroxylation is 3. The number of piperazine rings is 1. The Balaban J connectivity index is 1.46. The van der Waals surface area contributed by atoms with Crippen LogP contribution in [0.2, 0.25) is 0 Å². The van der Waals surface area contributed by atoms with Crippen molar-refractivity contribution in [3.8, 4) is 11.3 Å². The summed E-state index contributed by atoms with van der Waals surface area (Å²) in [5.41, 5.74) is 8.74. The van der Waals surface area contributed by atoms with Crippen LogP contribution in [0.4, 0.5) is 11.5 Å². The van der Waals surface area contributed by atoms with Crippen molar-refractivity contribution in [3.63, 3.8) is 0 Å². The smallest absolute Gasteiger partial charge is 0.159 e. The van der Waals surface area contributed by atoms with Crippen LogP contribution < -0.4 is 9.80 Å². The Hall–Kier alpha value is -3.40. The molecule has 1 aliphatic rings. The maximum absolute atomic E-state index is 4.75. The van der Waals surface area contributed by atoms with Gasteiger partial charge in [0.05, 0.1) is 0 Å². The Morgan fingerprint density at radius 1 is 0.625 bits per heavy atom. The number of benzene rings is 3. The molecular formula is C28H30N4. The van der Waals surface area contributed by atoms with Gasteiger partial charge in [-0.1, -0.05) is 48.5 Å². The third-order valence-electron chi connectivity index (χ3n) is 6.94. The first-order chi connectivity index (χ1) is 15.5. The van der Waals surface area contributed by atoms with Gasteiger partial charge in [-0.2, -0.15) is 0 Å². The largest absolute Gasteiger partial charge is 0.368 e. The van der Waals surface area contributed by atoms with Gasteiger partial charge in [-0.15, -0.1) is 10.2 Å². The highest BCUT2D eigenvalue weighted by Gasteiger charge is 2.22. The quantitative estimate of drug-likeness (QED) is 0.414. The topological polar surface area (TPSA) is 32.3 Å². The highest BCUT2D eigenvalue weighted by Crippen LogP contribution is 2.33. The molecule has 1 aliphatic heterocycles. The molecule has 0 radical (unpaired) electrons. The molecule has 0 saturated carbocycles. The highest BCUT2D eigenvalue weighted by molar-refractivity contribution is 6.00. The molecule has 1 fully saturated rings. The van der Waals surface area contributed by atoms with Crippen molar-refractivity contribution in [1.29, 1.82) is 0 Å². The predicted molar refractivity (Wildman–Crippen MR) is 135 cm³/mol. The monoisotopic (exact) mass is 422 g/mol. The maximum Gasteiger partial charge on any atom is 0.159 e. The first-order valence-corrected chi connectivity index (χ1v) is 11.4. The van der Waals surface area contributed by atoms with Crippen LogP contribution in [0, 0.1) is 27.7 Å². The van der Waals surface area contributed by atoms with Gasteiger partial charge in [0.25, 0.3) is 0 Å². The van der Waals surface area contributed by atoms with E-state index in [1.807, 2.05) is 0 Å². The fourth-order valence-electron chi connectivity index (χ4n) is 4.66. The van der Waals surface area contributed by atoms with Gasteiger partial charge >= 0.3 is 0 Å². The van der Waals surface area contributed by atoms with E-state index in [9.17, 15) is 0 Å². The standard InChI is InChI=1S/C28H30N4/c1-19-12-13-23(18-21(19)3)27-24-9-5-6-10-25(24)28(30-29-27)32-16-14-31(15-17-32)26-11-7-8-20(2)22(26)4/h5-13,18H,14-17H2,1-4H3. The van der Waals surface area contributed by atoms with Gasteiger partial charge in [-0.05, 0) is 62.1 Å². The Morgan fingerprint density at radius 2 is 1.34 bits per heavy atom. The van der Waals surface area contributed by atoms with E-state index < -0.39 is 0 Å². The molecule has 1 aromatic heterocycles. The van der Waals surface area contributed by atoms with Crippen LogP contribution in [-0.4, -0.2) is 36.4 Å². The van der Waals surface area contributed by atoms with Gasteiger partial charge in [0, 0.05) is 48.2 Å². The van der Waals surface area contributed by atoms with Crippen LogP contribution in [0.3, 0.4) is 0 Å². The number of aromatic nitrogens is 2. The molecule has 4 heteroatoms. The summed E-state index contributed by atoms with van der Waals surface area (Å²) in [7, 11) is 0. The third-order valence-corrected chi connectivity index (χ3v) is 6.94. The summed E-state index contributed by atoms with van der Waals surface area (Å²) in [6.45, 7) is 12.6. The number of anilines is 2. The Bertz CT molecular complexity index is 1290. The van der Waals surface area contributed by atoms with E-state index in [0.29, 0.717) is 0 Å². The second-order valence-corrected chi connectivity index (χ2v) is 8.91. The number of hydrogen-bond acceptors (Lipinski definition) is 4. The molecule has 2 heterocycles. The second kappa shape index (κ2) is 8.27. The van der Waals surface area contributed by atoms with E-state index in [4.69, 9.17) is 10.2 Å². The zero-order valence-electron chi connectivity index (χ0n) is 19.4. The third kappa shape index (κ3) is 3.60. The summed E-state index contributed by atoms with van der Waals surface area (Å²) in [6.07, 6.45) is 0. The predicted octanol–water partition coefficient (Wildman–Crippen LogP) is 5.86. The SMILES string of the molecule is Cc1ccc(-c2nnc(N3CCN(c4cccc(C)c4C)CC3)c3ccccc23)cc1C. The molecule has 162 valence electrons. The zero-order valence-corrected chi connectivity index (χ0v) is 19.4. The first-order valence-electron chi connectivity index (χ1n) is 11.4. The molecule has 5 rings (SSSR count). The van der Waals surface area contributed by atoms with Gasteiger partial charge in [0.15, 0.2) is 5.82 Å². The van der Waals surface area contributed by atoms with Crippen LogP contribution in [0.25, 0.3) is 22.0 Å². The number of nitrogens with zero attached hydrogens (tertiary/aromatic N) is 4. The second-order valence-electron chi connectivity index (χ2n) is 8.91. The van der Waals surface area contributed by atoms with Crippen molar-refractivity contribution < 1.29 is 0 Å². The van der Waals surface area contributed by atoms with Crippen molar-refractivity contribution >= 4 is 22.3 Å². The lowest BCUT2D eigenvalue weighted by molar-refractivity contribution is 0.645. The molecule has 0 aliphatic carbocycles. The molecule has 4 nitrogen and oxygen atoms in total. The minimum Gasteiger partial charge on any atom is -0.368 e. The molecular weight excluding hydrogens is 392 g/mol. The molecule has 1 saturated heterocycles. The fourth-order valence-corrected chi connectivity index (χ4v) is 4.66. The lowest BCUT2D eigenvalue weighted by atomic mass is 10.0. The summed E-state index contributed by atoms with van der Waals surface area (Å²) in [6, 6.07) is 21.7. The van der Waals surface area contributed by atoms with E-state index in [0.717, 1.165) is 48.6 Å². The summed E-state index contributed by atoms with van der Waals surface area (Å²) >= 11 is 0. The minimum atomic E-state index is 0.940. The van der Waals surface area contributed by atoms with E-state index in [1.165, 1.54) is 33.3 Å². The van der Waals surface area contributed by atoms with Crippen LogP contribution in [0.15, 0.2) is 60.7 Å². The van der Waals surface area contributed by atoms with Crippen LogP contribution in [-0.2, 0) is 0 Å². The Kier molecular flexibility index (Phi) is 5.30. The van der Waals surface area contributed by atoms with Gasteiger partial charge in [0.1, 0.15) is 5.69 Å². The Labute approximate surface area is 190 Å². The van der Waals surface area contributed by atoms with Gasteiger partial charge < -0.3 is 9.80 Å². The van der Waals surface area contributed by atoms with Crippen LogP contribution >= 0.6 is 0 Å². The Morgan fingerprint density at radius 3 is 2.09 bits per heavy atom. The lowest BCUT2D eigenvalue weighted by Crippen LogP contribution is -2.47. The van der Waals surface area contributed by atoms with Crippen molar-refractivity contribution in [3.05, 3.63) is 82.9 Å². The minimum absolute atomic E-state index is 0.940. The van der Waals surface area contributed by atoms with Gasteiger partial charge in [-0.25, -0.2) is 0 Å². The molecule has 0 amide bonds. The van der Waals surface area contributed by atoms with Crippen molar-refractivity contribution in [2.24, 2.45) is 0 Å². The summed E-state index contributed by atoms with van der Waals surface area (Å²) < 4.78 is 0. The number of rotatable bonds is 3. The van der Waals surface area contributed by atoms with Crippen molar-refractivity contribution in [2.45, 2.75) is 27.7 Å². The van der Waals surface area contributed by atoms with Crippen molar-refractivity contribution in [1.82, 2.24) is 10.2 Å². The van der Waals surface area contributed by atoms with Crippen molar-refractivity contribution in [2.75, 3.05) is 36.0 Å². The maximum atomic E-state index is 4.75. The number of fused-ring (bicyclic) bond motifs is 1. The molecule has 4 aromatic rings. The van der Waals surface area contributed by atoms with E-state index >= 15 is 0 Å². The first kappa shape index (κ1) is 20.5. The average Bonchev–Trinajstić information content (AvgIpc) is 2.82. The number of hydrogen-bond donors (Lipinski definition) is 0. The summed E-state index contributed by atoms with van der Waals surface area (Å²) in [5, 5.41) is 11.8. The zero-order chi connectivity index (χ0) is 22.2. The lowest BCUT2D eigenvalue weighted by Gasteiger charge is -2.37. The normalized spacial score (nSPS) is 14.2. The van der Waals surface area contributed by atoms with Crippen LogP contribution in [0.5, 0.6) is 0 Å². The summed E-state index contributed by atoms with van der Waals surface area (Å²) in [5.74, 6) is 0.994. The van der Waals surface area contributed by atoms with Gasteiger partial charge in [-0.3, -0.25) is 0 Å². The van der Waals surface area contributed by atoms with E-state index in [1.54, 1.807) is 0 Å². The molecule has 32 heavy (non-hydrogen) atoms. The molecule has 3 aromatic carbocycles. The van der Waals surface area contributed by atoms with E-state index in [2.05, 4.69) is 98.2 Å².